The Morgan fingerprint density at radius 1 is 0.591 bits per heavy atom. The van der Waals surface area contributed by atoms with Gasteiger partial charge in [-0.15, -0.1) is 0 Å². The zero-order valence-corrected chi connectivity index (χ0v) is 27.7. The summed E-state index contributed by atoms with van der Waals surface area (Å²) >= 11 is 0. The van der Waals surface area contributed by atoms with Gasteiger partial charge >= 0.3 is 0 Å². The molecule has 3 aliphatic heterocycles. The predicted molar refractivity (Wildman–Crippen MR) is 166 cm³/mol. The van der Waals surface area contributed by atoms with Gasteiger partial charge in [0.15, 0.2) is 0 Å². The fraction of sp³-hybridized carbons (Fsp3) is 0.812. The van der Waals surface area contributed by atoms with E-state index >= 15 is 0 Å². The fourth-order valence-electron chi connectivity index (χ4n) is 5.73. The molecule has 3 fully saturated rings. The second kappa shape index (κ2) is 15.2. The lowest BCUT2D eigenvalue weighted by atomic mass is 9.95. The number of piperazine rings is 1. The lowest BCUT2D eigenvalue weighted by Gasteiger charge is -2.45. The van der Waals surface area contributed by atoms with Crippen molar-refractivity contribution in [2.75, 3.05) is 52.4 Å². The number of amides is 6. The number of hydrogen-bond acceptors (Lipinski definition) is 6. The van der Waals surface area contributed by atoms with Crippen LogP contribution in [0.15, 0.2) is 0 Å². The third-order valence-corrected chi connectivity index (χ3v) is 8.31. The van der Waals surface area contributed by atoms with E-state index in [2.05, 4.69) is 10.6 Å². The summed E-state index contributed by atoms with van der Waals surface area (Å²) in [6, 6.07) is -2.53. The van der Waals surface area contributed by atoms with E-state index in [0.29, 0.717) is 39.3 Å². The van der Waals surface area contributed by atoms with Crippen molar-refractivity contribution >= 4 is 35.4 Å². The summed E-state index contributed by atoms with van der Waals surface area (Å²) in [5.41, 5.74) is -0.408. The Hall–Kier alpha value is -3.18. The van der Waals surface area contributed by atoms with E-state index in [-0.39, 0.29) is 48.6 Å². The second-order valence-electron chi connectivity index (χ2n) is 14.9. The Kier molecular flexibility index (Phi) is 12.2. The van der Waals surface area contributed by atoms with Gasteiger partial charge in [0, 0.05) is 39.3 Å². The highest BCUT2D eigenvalue weighted by molar-refractivity contribution is 6.03. The molecule has 3 saturated heterocycles. The first-order valence-electron chi connectivity index (χ1n) is 16.3. The van der Waals surface area contributed by atoms with Gasteiger partial charge in [0.2, 0.25) is 35.4 Å². The molecule has 0 aromatic rings. The molecule has 0 spiro atoms. The van der Waals surface area contributed by atoms with E-state index in [1.54, 1.807) is 9.80 Å². The SMILES string of the molecule is CC(C)(C)CNC(=O)C[C@H]1C(=O)N(CC(=O)N2CCCCC2)[C@@H](CC(=O)NCC(C)(C)C)C(=O)N1CC(=O)N1CCCCC1. The zero-order valence-electron chi connectivity index (χ0n) is 27.7. The number of nitrogens with one attached hydrogen (secondary N) is 2. The van der Waals surface area contributed by atoms with Crippen LogP contribution in [0.1, 0.15) is 92.9 Å². The van der Waals surface area contributed by atoms with Crippen molar-refractivity contribution in [1.82, 2.24) is 30.2 Å². The molecule has 3 heterocycles. The van der Waals surface area contributed by atoms with Crippen molar-refractivity contribution in [2.24, 2.45) is 10.8 Å². The van der Waals surface area contributed by atoms with Crippen LogP contribution in [-0.4, -0.2) is 119 Å². The van der Waals surface area contributed by atoms with Gasteiger partial charge in [-0.2, -0.15) is 0 Å². The molecule has 2 atom stereocenters. The van der Waals surface area contributed by atoms with Crippen LogP contribution in [0.5, 0.6) is 0 Å². The third kappa shape index (κ3) is 10.5. The number of likely N-dealkylation sites (tertiary alicyclic amines) is 2. The van der Waals surface area contributed by atoms with Crippen molar-refractivity contribution < 1.29 is 28.8 Å². The summed E-state index contributed by atoms with van der Waals surface area (Å²) in [5, 5.41) is 5.68. The molecule has 6 amide bonds. The van der Waals surface area contributed by atoms with E-state index < -0.39 is 35.7 Å². The number of piperidine rings is 2. The highest BCUT2D eigenvalue weighted by Gasteiger charge is 2.49. The normalized spacial score (nSPS) is 21.8. The number of rotatable bonds is 10. The first-order valence-corrected chi connectivity index (χ1v) is 16.3. The summed E-state index contributed by atoms with van der Waals surface area (Å²) < 4.78 is 0. The molecule has 3 aliphatic rings. The van der Waals surface area contributed by atoms with Crippen LogP contribution in [0.4, 0.5) is 0 Å². The van der Waals surface area contributed by atoms with E-state index in [4.69, 9.17) is 0 Å². The summed E-state index contributed by atoms with van der Waals surface area (Å²) in [6.45, 7) is 14.1. The van der Waals surface area contributed by atoms with Gasteiger partial charge in [-0.05, 0) is 49.4 Å². The van der Waals surface area contributed by atoms with E-state index in [0.717, 1.165) is 38.5 Å². The van der Waals surface area contributed by atoms with E-state index in [1.807, 2.05) is 41.5 Å². The molecule has 0 aromatic heterocycles. The Labute approximate surface area is 262 Å². The first-order chi connectivity index (χ1) is 20.6. The maximum absolute atomic E-state index is 14.2. The molecule has 44 heavy (non-hydrogen) atoms. The van der Waals surface area contributed by atoms with Gasteiger partial charge in [0.1, 0.15) is 25.2 Å². The average molecular weight is 619 g/mol. The molecular formula is C32H54N6O6. The monoisotopic (exact) mass is 618 g/mol. The number of nitrogens with zero attached hydrogens (tertiary/aromatic N) is 4. The molecule has 0 aliphatic carbocycles. The molecule has 12 heteroatoms. The highest BCUT2D eigenvalue weighted by atomic mass is 16.2. The minimum atomic E-state index is -1.26. The third-order valence-electron chi connectivity index (χ3n) is 8.31. The van der Waals surface area contributed by atoms with Gasteiger partial charge in [-0.3, -0.25) is 28.8 Å². The summed E-state index contributed by atoms with van der Waals surface area (Å²) in [4.78, 5) is 87.2. The van der Waals surface area contributed by atoms with Gasteiger partial charge < -0.3 is 30.2 Å². The van der Waals surface area contributed by atoms with E-state index in [1.165, 1.54) is 9.80 Å². The van der Waals surface area contributed by atoms with Crippen LogP contribution < -0.4 is 10.6 Å². The molecule has 0 saturated carbocycles. The molecular weight excluding hydrogens is 564 g/mol. The minimum Gasteiger partial charge on any atom is -0.355 e. The highest BCUT2D eigenvalue weighted by Crippen LogP contribution is 2.25. The lowest BCUT2D eigenvalue weighted by molar-refractivity contribution is -0.167. The summed E-state index contributed by atoms with van der Waals surface area (Å²) in [5.74, 6) is -2.63. The molecule has 0 aromatic carbocycles. The Morgan fingerprint density at radius 2 is 0.909 bits per heavy atom. The molecule has 248 valence electrons. The van der Waals surface area contributed by atoms with Crippen LogP contribution in [0.25, 0.3) is 0 Å². The number of hydrogen-bond donors (Lipinski definition) is 2. The van der Waals surface area contributed by atoms with Crippen LogP contribution >= 0.6 is 0 Å². The Balaban J connectivity index is 1.92. The second-order valence-corrected chi connectivity index (χ2v) is 14.9. The van der Waals surface area contributed by atoms with Crippen molar-refractivity contribution in [3.8, 4) is 0 Å². The van der Waals surface area contributed by atoms with Crippen molar-refractivity contribution in [3.63, 3.8) is 0 Å². The van der Waals surface area contributed by atoms with Crippen LogP contribution in [0, 0.1) is 10.8 Å². The predicted octanol–water partition coefficient (Wildman–Crippen LogP) is 1.52. The average Bonchev–Trinajstić information content (AvgIpc) is 2.97. The van der Waals surface area contributed by atoms with Gasteiger partial charge in [0.25, 0.3) is 0 Å². The van der Waals surface area contributed by atoms with Crippen LogP contribution in [-0.2, 0) is 28.8 Å². The summed E-state index contributed by atoms with van der Waals surface area (Å²) in [6.07, 6.45) is 4.80. The zero-order chi connectivity index (χ0) is 32.7. The van der Waals surface area contributed by atoms with Gasteiger partial charge in [0.05, 0.1) is 12.8 Å². The largest absolute Gasteiger partial charge is 0.355 e. The van der Waals surface area contributed by atoms with Crippen molar-refractivity contribution in [2.45, 2.75) is 105 Å². The Bertz CT molecular complexity index is 984. The number of carbonyl (C=O) groups excluding carboxylic acids is 6. The minimum absolute atomic E-state index is 0.204. The molecule has 0 unspecified atom stereocenters. The van der Waals surface area contributed by atoms with E-state index in [9.17, 15) is 28.8 Å². The van der Waals surface area contributed by atoms with Crippen LogP contribution in [0.2, 0.25) is 0 Å². The lowest BCUT2D eigenvalue weighted by Crippen LogP contribution is -2.68. The molecule has 12 nitrogen and oxygen atoms in total. The molecule has 2 N–H and O–H groups in total. The molecule has 3 rings (SSSR count). The van der Waals surface area contributed by atoms with Crippen molar-refractivity contribution in [1.29, 1.82) is 0 Å². The quantitative estimate of drug-likeness (QED) is 0.381. The van der Waals surface area contributed by atoms with Gasteiger partial charge in [-0.1, -0.05) is 41.5 Å². The van der Waals surface area contributed by atoms with Crippen LogP contribution in [0.3, 0.4) is 0 Å². The smallest absolute Gasteiger partial charge is 0.247 e. The topological polar surface area (TPSA) is 139 Å². The summed E-state index contributed by atoms with van der Waals surface area (Å²) in [7, 11) is 0. The first kappa shape index (κ1) is 35.3. The molecule has 0 bridgehead atoms. The number of carbonyl (C=O) groups is 6. The maximum atomic E-state index is 14.2. The standard InChI is InChI=1S/C32H54N6O6/c1-31(2,3)21-33-25(39)17-23-29(43)38(20-28(42)36-15-11-8-12-16-36)24(18-26(40)34-22-32(4,5)6)30(44)37(23)19-27(41)35-13-9-7-10-14-35/h23-24H,7-22H2,1-6H3,(H,33,39)(H,34,40)/t23-,24-/m0/s1. The van der Waals surface area contributed by atoms with Crippen molar-refractivity contribution in [3.05, 3.63) is 0 Å². The van der Waals surface area contributed by atoms with Gasteiger partial charge in [-0.25, -0.2) is 0 Å². The fourth-order valence-corrected chi connectivity index (χ4v) is 5.73. The maximum Gasteiger partial charge on any atom is 0.247 e. The molecule has 0 radical (unpaired) electrons. The Morgan fingerprint density at radius 3 is 1.20 bits per heavy atom.